The number of ether oxygens (including phenoxy) is 2. The summed E-state index contributed by atoms with van der Waals surface area (Å²) in [6.07, 6.45) is 6.43. The maximum absolute atomic E-state index is 13.1. The summed E-state index contributed by atoms with van der Waals surface area (Å²) in [5, 5.41) is 8.05. The molecule has 178 valence electrons. The molecule has 0 atom stereocenters. The fourth-order valence-corrected chi connectivity index (χ4v) is 5.02. The third kappa shape index (κ3) is 3.78. The Labute approximate surface area is 194 Å². The third-order valence-electron chi connectivity index (χ3n) is 6.74. The van der Waals surface area contributed by atoms with Crippen LogP contribution in [0.15, 0.2) is 30.7 Å². The molecule has 1 aliphatic heterocycles. The van der Waals surface area contributed by atoms with Gasteiger partial charge in [-0.3, -0.25) is 0 Å². The van der Waals surface area contributed by atoms with E-state index in [2.05, 4.69) is 25.4 Å². The van der Waals surface area contributed by atoms with Gasteiger partial charge in [0.25, 0.3) is 6.43 Å². The Morgan fingerprint density at radius 3 is 2.71 bits per heavy atom. The number of hydrogen-bond acceptors (Lipinski definition) is 7. The van der Waals surface area contributed by atoms with Crippen molar-refractivity contribution in [2.75, 3.05) is 18.5 Å². The fourth-order valence-electron chi connectivity index (χ4n) is 5.02. The maximum Gasteiger partial charge on any atom is 0.256 e. The van der Waals surface area contributed by atoms with Crippen molar-refractivity contribution in [2.24, 2.45) is 0 Å². The number of halogens is 2. The first-order valence-electron chi connectivity index (χ1n) is 11.5. The smallest absolute Gasteiger partial charge is 0.256 e. The molecular formula is C23H25F2N7O2. The van der Waals surface area contributed by atoms with Crippen LogP contribution in [-0.4, -0.2) is 60.6 Å². The highest BCUT2D eigenvalue weighted by Crippen LogP contribution is 2.36. The van der Waals surface area contributed by atoms with E-state index < -0.39 is 18.8 Å². The van der Waals surface area contributed by atoms with Gasteiger partial charge < -0.3 is 19.4 Å². The lowest BCUT2D eigenvalue weighted by atomic mass is 9.90. The van der Waals surface area contributed by atoms with Crippen molar-refractivity contribution in [1.82, 2.24) is 29.1 Å². The van der Waals surface area contributed by atoms with Gasteiger partial charge >= 0.3 is 0 Å². The van der Waals surface area contributed by atoms with Crippen LogP contribution in [0.5, 0.6) is 0 Å². The lowest BCUT2D eigenvalue weighted by Gasteiger charge is -2.35. The molecule has 2 aliphatic rings. The summed E-state index contributed by atoms with van der Waals surface area (Å²) in [6.45, 7) is 2.64. The van der Waals surface area contributed by atoms with Gasteiger partial charge in [0.2, 0.25) is 5.95 Å². The van der Waals surface area contributed by atoms with Gasteiger partial charge in [-0.1, -0.05) is 0 Å². The van der Waals surface area contributed by atoms with Crippen LogP contribution < -0.4 is 5.32 Å². The van der Waals surface area contributed by atoms with E-state index in [0.29, 0.717) is 36.2 Å². The molecule has 1 saturated carbocycles. The number of aryl methyl sites for hydroxylation is 1. The second-order valence-corrected chi connectivity index (χ2v) is 8.89. The van der Waals surface area contributed by atoms with E-state index in [9.17, 15) is 8.78 Å². The Bertz CT molecular complexity index is 1340. The van der Waals surface area contributed by atoms with Gasteiger partial charge in [-0.25, -0.2) is 28.2 Å². The molecule has 0 amide bonds. The second-order valence-electron chi connectivity index (χ2n) is 8.89. The van der Waals surface area contributed by atoms with Crippen LogP contribution in [0.4, 0.5) is 14.7 Å². The van der Waals surface area contributed by atoms with Crippen LogP contribution in [0.2, 0.25) is 0 Å². The van der Waals surface area contributed by atoms with Crippen molar-refractivity contribution >= 4 is 22.6 Å². The zero-order valence-corrected chi connectivity index (χ0v) is 18.7. The first-order valence-corrected chi connectivity index (χ1v) is 11.5. The summed E-state index contributed by atoms with van der Waals surface area (Å²) in [7, 11) is 0. The number of nitrogens with zero attached hydrogens (tertiary/aromatic N) is 6. The topological polar surface area (TPSA) is 91.4 Å². The monoisotopic (exact) mass is 469 g/mol. The van der Waals surface area contributed by atoms with Crippen LogP contribution in [0, 0.1) is 6.92 Å². The molecule has 1 saturated heterocycles. The van der Waals surface area contributed by atoms with Crippen LogP contribution in [0.1, 0.15) is 31.5 Å². The van der Waals surface area contributed by atoms with Crippen molar-refractivity contribution in [1.29, 1.82) is 0 Å². The number of fused-ring (bicyclic) bond motifs is 2. The van der Waals surface area contributed by atoms with Crippen LogP contribution in [0.3, 0.4) is 0 Å². The largest absolute Gasteiger partial charge is 0.350 e. The number of anilines is 1. The number of rotatable bonds is 5. The Hall–Kier alpha value is -3.18. The summed E-state index contributed by atoms with van der Waals surface area (Å²) in [5.41, 5.74) is 3.51. The molecule has 0 radical (unpaired) electrons. The molecule has 1 aliphatic carbocycles. The maximum atomic E-state index is 13.1. The SMILES string of the molecule is Cc1nc2ncc(-c3ccn4nc(NC5CCC6(CC5)OCCO6)ncc34)cc2n1CC(F)F. The summed E-state index contributed by atoms with van der Waals surface area (Å²) in [5.74, 6) is 0.681. The molecule has 2 fully saturated rings. The average molecular weight is 469 g/mol. The minimum atomic E-state index is -2.47. The number of imidazole rings is 1. The Balaban J connectivity index is 1.24. The molecule has 1 spiro atoms. The minimum absolute atomic E-state index is 0.260. The van der Waals surface area contributed by atoms with E-state index >= 15 is 0 Å². The molecular weight excluding hydrogens is 444 g/mol. The fraction of sp³-hybridized carbons (Fsp3) is 0.478. The number of pyridine rings is 1. The number of aromatic nitrogens is 6. The molecule has 0 bridgehead atoms. The van der Waals surface area contributed by atoms with Gasteiger partial charge in [0.15, 0.2) is 11.4 Å². The standard InChI is InChI=1S/C23H25F2N7O2/c1-14-28-21-18(31(14)13-20(24)25)10-15(11-26-21)17-4-7-32-19(17)12-27-22(30-32)29-16-2-5-23(6-3-16)33-8-9-34-23/h4,7,10-12,16,20H,2-3,5-6,8-9,13H2,1H3,(H,29,30). The summed E-state index contributed by atoms with van der Waals surface area (Å²) < 4.78 is 41.0. The number of nitrogens with one attached hydrogen (secondary N) is 1. The molecule has 5 heterocycles. The van der Waals surface area contributed by atoms with Gasteiger partial charge in [-0.05, 0) is 31.9 Å². The number of alkyl halides is 2. The second kappa shape index (κ2) is 8.24. The first-order chi connectivity index (χ1) is 16.5. The first kappa shape index (κ1) is 21.4. The minimum Gasteiger partial charge on any atom is -0.350 e. The highest BCUT2D eigenvalue weighted by molar-refractivity contribution is 5.85. The van der Waals surface area contributed by atoms with Crippen molar-refractivity contribution in [3.05, 3.63) is 36.5 Å². The van der Waals surface area contributed by atoms with Crippen molar-refractivity contribution in [3.8, 4) is 11.1 Å². The third-order valence-corrected chi connectivity index (χ3v) is 6.74. The molecule has 11 heteroatoms. The van der Waals surface area contributed by atoms with E-state index in [1.165, 1.54) is 4.57 Å². The zero-order chi connectivity index (χ0) is 23.3. The van der Waals surface area contributed by atoms with Gasteiger partial charge in [-0.15, -0.1) is 5.10 Å². The molecule has 34 heavy (non-hydrogen) atoms. The van der Waals surface area contributed by atoms with Crippen molar-refractivity contribution < 1.29 is 18.3 Å². The van der Waals surface area contributed by atoms with Gasteiger partial charge in [0, 0.05) is 42.4 Å². The number of hydrogen-bond donors (Lipinski definition) is 1. The zero-order valence-electron chi connectivity index (χ0n) is 18.7. The van der Waals surface area contributed by atoms with Crippen LogP contribution in [-0.2, 0) is 16.0 Å². The highest BCUT2D eigenvalue weighted by atomic mass is 19.3. The molecule has 0 aromatic carbocycles. The van der Waals surface area contributed by atoms with Gasteiger partial charge in [0.05, 0.1) is 37.0 Å². The highest BCUT2D eigenvalue weighted by Gasteiger charge is 2.40. The summed E-state index contributed by atoms with van der Waals surface area (Å²) in [6, 6.07) is 4.03. The Kier molecular flexibility index (Phi) is 5.18. The normalized spacial score (nSPS) is 18.6. The molecule has 4 aromatic heterocycles. The quantitative estimate of drug-likeness (QED) is 0.475. The summed E-state index contributed by atoms with van der Waals surface area (Å²) >= 11 is 0. The predicted molar refractivity (Wildman–Crippen MR) is 121 cm³/mol. The molecule has 1 N–H and O–H groups in total. The van der Waals surface area contributed by atoms with Gasteiger partial charge in [-0.2, -0.15) is 0 Å². The lowest BCUT2D eigenvalue weighted by Crippen LogP contribution is -2.39. The summed E-state index contributed by atoms with van der Waals surface area (Å²) in [4.78, 5) is 13.2. The van der Waals surface area contributed by atoms with Crippen LogP contribution in [0.25, 0.3) is 27.8 Å². The average Bonchev–Trinajstić information content (AvgIpc) is 3.53. The molecule has 0 unspecified atom stereocenters. The molecule has 6 rings (SSSR count). The molecule has 9 nitrogen and oxygen atoms in total. The van der Waals surface area contributed by atoms with Crippen molar-refractivity contribution in [2.45, 2.75) is 57.4 Å². The predicted octanol–water partition coefficient (Wildman–Crippen LogP) is 3.81. The van der Waals surface area contributed by atoms with Gasteiger partial charge in [0.1, 0.15) is 5.82 Å². The molecule has 4 aromatic rings. The van der Waals surface area contributed by atoms with E-state index in [0.717, 1.165) is 42.3 Å². The lowest BCUT2D eigenvalue weighted by molar-refractivity contribution is -0.177. The van der Waals surface area contributed by atoms with Crippen molar-refractivity contribution in [3.63, 3.8) is 0 Å². The Morgan fingerprint density at radius 2 is 1.94 bits per heavy atom. The Morgan fingerprint density at radius 1 is 1.15 bits per heavy atom. The van der Waals surface area contributed by atoms with E-state index in [4.69, 9.17) is 9.47 Å². The van der Waals surface area contributed by atoms with E-state index in [1.54, 1.807) is 23.8 Å². The van der Waals surface area contributed by atoms with Crippen LogP contribution >= 0.6 is 0 Å². The van der Waals surface area contributed by atoms with E-state index in [1.807, 2.05) is 18.3 Å². The van der Waals surface area contributed by atoms with E-state index in [-0.39, 0.29) is 6.04 Å².